The maximum Gasteiger partial charge on any atom is 0.108 e. The molecule has 0 aromatic heterocycles. The summed E-state index contributed by atoms with van der Waals surface area (Å²) >= 11 is 0. The van der Waals surface area contributed by atoms with Crippen LogP contribution in [0.4, 0.5) is 0 Å². The molecule has 4 heteroatoms. The van der Waals surface area contributed by atoms with Gasteiger partial charge in [-0.05, 0) is 65.3 Å². The van der Waals surface area contributed by atoms with E-state index in [4.69, 9.17) is 4.74 Å². The number of hydrogen-bond acceptors (Lipinski definition) is 4. The van der Waals surface area contributed by atoms with E-state index in [0.717, 1.165) is 39.0 Å². The molecule has 1 heterocycles. The number of ether oxygens (including phenoxy) is 1. The van der Waals surface area contributed by atoms with Crippen LogP contribution in [-0.2, 0) is 4.74 Å². The van der Waals surface area contributed by atoms with E-state index in [1.54, 1.807) is 0 Å². The largest absolute Gasteiger partial charge is 0.381 e. The summed E-state index contributed by atoms with van der Waals surface area (Å²) in [6.45, 7) is 7.20. The van der Waals surface area contributed by atoms with Gasteiger partial charge in [0.1, 0.15) is 5.54 Å². The molecule has 3 atom stereocenters. The number of nitrogens with zero attached hydrogens (tertiary/aromatic N) is 2. The fourth-order valence-electron chi connectivity index (χ4n) is 3.95. The zero-order valence-electron chi connectivity index (χ0n) is 13.9. The Morgan fingerprint density at radius 3 is 2.81 bits per heavy atom. The molecule has 0 bridgehead atoms. The van der Waals surface area contributed by atoms with Crippen molar-refractivity contribution in [3.05, 3.63) is 0 Å². The van der Waals surface area contributed by atoms with Gasteiger partial charge < -0.3 is 9.64 Å². The predicted molar refractivity (Wildman–Crippen MR) is 85.0 cm³/mol. The summed E-state index contributed by atoms with van der Waals surface area (Å²) in [4.78, 5) is 2.48. The average molecular weight is 293 g/mol. The lowest BCUT2D eigenvalue weighted by molar-refractivity contribution is 0.0295. The van der Waals surface area contributed by atoms with Crippen LogP contribution in [0.5, 0.6) is 0 Å². The number of nitrogens with one attached hydrogen (secondary N) is 1. The highest BCUT2D eigenvalue weighted by atomic mass is 16.5. The SMILES string of the molecule is CC(C)NC1(C#N)CCCC(N(C)CC2CCCOC2)C1. The minimum Gasteiger partial charge on any atom is -0.381 e. The Labute approximate surface area is 129 Å². The van der Waals surface area contributed by atoms with Gasteiger partial charge in [0, 0.05) is 25.2 Å². The molecular formula is C17H31N3O. The van der Waals surface area contributed by atoms with E-state index < -0.39 is 0 Å². The average Bonchev–Trinajstić information content (AvgIpc) is 2.48. The second-order valence-electron chi connectivity index (χ2n) is 7.27. The second kappa shape index (κ2) is 7.58. The standard InChI is InChI=1S/C17H31N3O/c1-14(2)19-17(13-18)8-4-7-16(10-17)20(3)11-15-6-5-9-21-12-15/h14-16,19H,4-12H2,1-3H3. The molecule has 21 heavy (non-hydrogen) atoms. The number of nitriles is 1. The van der Waals surface area contributed by atoms with Crippen LogP contribution in [-0.4, -0.2) is 49.3 Å². The summed E-state index contributed by atoms with van der Waals surface area (Å²) in [6, 6.07) is 3.46. The van der Waals surface area contributed by atoms with Gasteiger partial charge in [0.25, 0.3) is 0 Å². The van der Waals surface area contributed by atoms with Crippen LogP contribution in [0.2, 0.25) is 0 Å². The fraction of sp³-hybridized carbons (Fsp3) is 0.941. The predicted octanol–water partition coefficient (Wildman–Crippen LogP) is 2.55. The highest BCUT2D eigenvalue weighted by Crippen LogP contribution is 2.31. The highest BCUT2D eigenvalue weighted by Gasteiger charge is 2.38. The molecule has 1 aliphatic carbocycles. The van der Waals surface area contributed by atoms with Crippen LogP contribution in [0, 0.1) is 17.2 Å². The van der Waals surface area contributed by atoms with Crippen molar-refractivity contribution in [1.29, 1.82) is 5.26 Å². The van der Waals surface area contributed by atoms with E-state index in [1.807, 2.05) is 0 Å². The van der Waals surface area contributed by atoms with Crippen molar-refractivity contribution in [2.45, 2.75) is 70.0 Å². The Hall–Kier alpha value is -0.630. The third-order valence-corrected chi connectivity index (χ3v) is 4.93. The molecule has 1 saturated heterocycles. The first-order valence-corrected chi connectivity index (χ1v) is 8.51. The molecule has 0 aromatic carbocycles. The van der Waals surface area contributed by atoms with Crippen LogP contribution < -0.4 is 5.32 Å². The highest BCUT2D eigenvalue weighted by molar-refractivity contribution is 5.11. The van der Waals surface area contributed by atoms with Gasteiger partial charge in [-0.2, -0.15) is 5.26 Å². The van der Waals surface area contributed by atoms with E-state index in [2.05, 4.69) is 37.2 Å². The molecular weight excluding hydrogens is 262 g/mol. The third-order valence-electron chi connectivity index (χ3n) is 4.93. The van der Waals surface area contributed by atoms with Gasteiger partial charge in [-0.25, -0.2) is 0 Å². The Bertz CT molecular complexity index is 360. The molecule has 0 spiro atoms. The van der Waals surface area contributed by atoms with Gasteiger partial charge in [0.05, 0.1) is 12.7 Å². The van der Waals surface area contributed by atoms with Crippen molar-refractivity contribution in [1.82, 2.24) is 10.2 Å². The molecule has 1 aliphatic heterocycles. The molecule has 0 amide bonds. The molecule has 1 N–H and O–H groups in total. The van der Waals surface area contributed by atoms with Crippen LogP contribution in [0.1, 0.15) is 52.4 Å². The molecule has 2 fully saturated rings. The van der Waals surface area contributed by atoms with Crippen molar-refractivity contribution in [2.24, 2.45) is 5.92 Å². The molecule has 3 unspecified atom stereocenters. The van der Waals surface area contributed by atoms with Gasteiger partial charge in [0.15, 0.2) is 0 Å². The molecule has 1 saturated carbocycles. The Morgan fingerprint density at radius 2 is 2.19 bits per heavy atom. The lowest BCUT2D eigenvalue weighted by Crippen LogP contribution is -2.54. The molecule has 0 aromatic rings. The summed E-state index contributed by atoms with van der Waals surface area (Å²) in [5.74, 6) is 0.667. The number of rotatable bonds is 5. The first kappa shape index (κ1) is 16.7. The lowest BCUT2D eigenvalue weighted by Gasteiger charge is -2.42. The minimum absolute atomic E-state index is 0.325. The van der Waals surface area contributed by atoms with Gasteiger partial charge in [-0.1, -0.05) is 0 Å². The maximum atomic E-state index is 9.66. The summed E-state index contributed by atoms with van der Waals surface area (Å²) in [5.41, 5.74) is -0.325. The monoisotopic (exact) mass is 293 g/mol. The second-order valence-corrected chi connectivity index (χ2v) is 7.27. The normalized spacial score (nSPS) is 34.1. The van der Waals surface area contributed by atoms with Crippen molar-refractivity contribution >= 4 is 0 Å². The van der Waals surface area contributed by atoms with E-state index >= 15 is 0 Å². The fourth-order valence-corrected chi connectivity index (χ4v) is 3.95. The minimum atomic E-state index is -0.325. The van der Waals surface area contributed by atoms with Crippen LogP contribution >= 0.6 is 0 Å². The van der Waals surface area contributed by atoms with Crippen molar-refractivity contribution < 1.29 is 4.74 Å². The van der Waals surface area contributed by atoms with E-state index in [1.165, 1.54) is 19.3 Å². The van der Waals surface area contributed by atoms with Crippen molar-refractivity contribution in [3.63, 3.8) is 0 Å². The molecule has 2 rings (SSSR count). The van der Waals surface area contributed by atoms with Crippen LogP contribution in [0.15, 0.2) is 0 Å². The van der Waals surface area contributed by atoms with E-state index in [-0.39, 0.29) is 5.54 Å². The summed E-state index contributed by atoms with van der Waals surface area (Å²) in [7, 11) is 2.22. The van der Waals surface area contributed by atoms with Gasteiger partial charge in [-0.3, -0.25) is 5.32 Å². The number of hydrogen-bond donors (Lipinski definition) is 1. The molecule has 2 aliphatic rings. The summed E-state index contributed by atoms with van der Waals surface area (Å²) < 4.78 is 5.59. The zero-order valence-corrected chi connectivity index (χ0v) is 13.9. The maximum absolute atomic E-state index is 9.66. The Kier molecular flexibility index (Phi) is 6.04. The first-order chi connectivity index (χ1) is 10.0. The topological polar surface area (TPSA) is 48.3 Å². The molecule has 120 valence electrons. The first-order valence-electron chi connectivity index (χ1n) is 8.51. The van der Waals surface area contributed by atoms with Crippen molar-refractivity contribution in [2.75, 3.05) is 26.8 Å². The third kappa shape index (κ3) is 4.67. The Morgan fingerprint density at radius 1 is 1.38 bits per heavy atom. The summed E-state index contributed by atoms with van der Waals surface area (Å²) in [5, 5.41) is 13.2. The Balaban J connectivity index is 1.91. The molecule has 0 radical (unpaired) electrons. The van der Waals surface area contributed by atoms with Crippen LogP contribution in [0.3, 0.4) is 0 Å². The molecule has 4 nitrogen and oxygen atoms in total. The lowest BCUT2D eigenvalue weighted by atomic mass is 9.78. The van der Waals surface area contributed by atoms with Crippen molar-refractivity contribution in [3.8, 4) is 6.07 Å². The zero-order chi connectivity index (χ0) is 15.3. The summed E-state index contributed by atoms with van der Waals surface area (Å²) in [6.07, 6.45) is 6.77. The van der Waals surface area contributed by atoms with Gasteiger partial charge in [0.2, 0.25) is 0 Å². The van der Waals surface area contributed by atoms with E-state index in [9.17, 15) is 5.26 Å². The van der Waals surface area contributed by atoms with Gasteiger partial charge >= 0.3 is 0 Å². The smallest absolute Gasteiger partial charge is 0.108 e. The van der Waals surface area contributed by atoms with Crippen LogP contribution in [0.25, 0.3) is 0 Å². The van der Waals surface area contributed by atoms with E-state index in [0.29, 0.717) is 18.0 Å². The van der Waals surface area contributed by atoms with Gasteiger partial charge in [-0.15, -0.1) is 0 Å². The quantitative estimate of drug-likeness (QED) is 0.846.